The van der Waals surface area contributed by atoms with Gasteiger partial charge in [-0.15, -0.1) is 4.91 Å². The van der Waals surface area contributed by atoms with Crippen molar-refractivity contribution < 1.29 is 4.39 Å². The van der Waals surface area contributed by atoms with Crippen molar-refractivity contribution in [1.82, 2.24) is 0 Å². The molecule has 0 saturated carbocycles. The average Bonchev–Trinajstić information content (AvgIpc) is 2.05. The van der Waals surface area contributed by atoms with Crippen LogP contribution in [0.4, 0.5) is 10.1 Å². The Morgan fingerprint density at radius 3 is 2.82 bits per heavy atom. The molecular formula is C7H5FINO. The Morgan fingerprint density at radius 1 is 1.55 bits per heavy atom. The van der Waals surface area contributed by atoms with E-state index in [2.05, 4.69) is 27.8 Å². The van der Waals surface area contributed by atoms with Gasteiger partial charge in [-0.25, -0.2) is 4.39 Å². The lowest BCUT2D eigenvalue weighted by Gasteiger charge is -1.95. The third-order valence-corrected chi connectivity index (χ3v) is 2.14. The molecule has 2 nitrogen and oxygen atoms in total. The van der Waals surface area contributed by atoms with Gasteiger partial charge in [-0.3, -0.25) is 0 Å². The number of alkyl halides is 1. The highest BCUT2D eigenvalue weighted by molar-refractivity contribution is 14.1. The van der Waals surface area contributed by atoms with E-state index < -0.39 is 5.82 Å². The van der Waals surface area contributed by atoms with Crippen molar-refractivity contribution in [3.8, 4) is 0 Å². The van der Waals surface area contributed by atoms with Crippen molar-refractivity contribution in [3.05, 3.63) is 34.5 Å². The highest BCUT2D eigenvalue weighted by Gasteiger charge is 2.01. The van der Waals surface area contributed by atoms with Gasteiger partial charge in [0.2, 0.25) is 0 Å². The summed E-state index contributed by atoms with van der Waals surface area (Å²) in [6, 6.07) is 4.34. The Morgan fingerprint density at radius 2 is 2.27 bits per heavy atom. The third kappa shape index (κ3) is 1.95. The maximum atomic E-state index is 12.6. The van der Waals surface area contributed by atoms with Gasteiger partial charge in [0, 0.05) is 4.43 Å². The largest absolute Gasteiger partial charge is 0.204 e. The van der Waals surface area contributed by atoms with Gasteiger partial charge in [0.15, 0.2) is 5.82 Å². The van der Waals surface area contributed by atoms with E-state index >= 15 is 0 Å². The molecule has 0 N–H and O–H groups in total. The van der Waals surface area contributed by atoms with Crippen LogP contribution < -0.4 is 0 Å². The lowest BCUT2D eigenvalue weighted by molar-refractivity contribution is 0.629. The van der Waals surface area contributed by atoms with Gasteiger partial charge in [-0.2, -0.15) is 0 Å². The van der Waals surface area contributed by atoms with Crippen LogP contribution in [0.5, 0.6) is 0 Å². The van der Waals surface area contributed by atoms with Crippen LogP contribution in [0.2, 0.25) is 0 Å². The van der Waals surface area contributed by atoms with Crippen LogP contribution in [0.1, 0.15) is 5.56 Å². The van der Waals surface area contributed by atoms with Gasteiger partial charge in [0.1, 0.15) is 5.69 Å². The molecule has 1 aromatic carbocycles. The standard InChI is InChI=1S/C7H5FINO/c8-6-2-1-5(4-9)3-7(6)10-11/h1-3H,4H2. The molecule has 58 valence electrons. The van der Waals surface area contributed by atoms with Crippen molar-refractivity contribution in [2.45, 2.75) is 4.43 Å². The molecule has 11 heavy (non-hydrogen) atoms. The lowest BCUT2D eigenvalue weighted by Crippen LogP contribution is -1.79. The molecule has 0 fully saturated rings. The Labute approximate surface area is 76.9 Å². The Bertz CT molecular complexity index is 277. The number of benzene rings is 1. The molecule has 0 aliphatic heterocycles. The topological polar surface area (TPSA) is 29.4 Å². The maximum Gasteiger partial charge on any atom is 0.152 e. The van der Waals surface area contributed by atoms with Crippen LogP contribution in [0, 0.1) is 10.7 Å². The Balaban J connectivity index is 3.12. The van der Waals surface area contributed by atoms with Gasteiger partial charge in [-0.05, 0) is 22.9 Å². The number of nitroso groups, excluding NO2 is 1. The van der Waals surface area contributed by atoms with Crippen molar-refractivity contribution >= 4 is 28.3 Å². The van der Waals surface area contributed by atoms with Crippen LogP contribution >= 0.6 is 22.6 Å². The Kier molecular flexibility index (Phi) is 2.92. The van der Waals surface area contributed by atoms with E-state index in [4.69, 9.17) is 0 Å². The van der Waals surface area contributed by atoms with Crippen LogP contribution in [0.3, 0.4) is 0 Å². The molecule has 0 spiro atoms. The van der Waals surface area contributed by atoms with E-state index in [0.717, 1.165) is 9.99 Å². The summed E-state index contributed by atoms with van der Waals surface area (Å²) >= 11 is 2.13. The predicted octanol–water partition coefficient (Wildman–Crippen LogP) is 3.16. The van der Waals surface area contributed by atoms with Gasteiger partial charge >= 0.3 is 0 Å². The van der Waals surface area contributed by atoms with Crippen LogP contribution in [-0.4, -0.2) is 0 Å². The van der Waals surface area contributed by atoms with Crippen molar-refractivity contribution in [2.24, 2.45) is 5.18 Å². The first kappa shape index (κ1) is 8.58. The van der Waals surface area contributed by atoms with Crippen LogP contribution in [-0.2, 0) is 4.43 Å². The van der Waals surface area contributed by atoms with Crippen molar-refractivity contribution in [3.63, 3.8) is 0 Å². The van der Waals surface area contributed by atoms with E-state index in [1.165, 1.54) is 12.1 Å². The fourth-order valence-corrected chi connectivity index (χ4v) is 1.19. The van der Waals surface area contributed by atoms with Crippen molar-refractivity contribution in [2.75, 3.05) is 0 Å². The van der Waals surface area contributed by atoms with E-state index in [9.17, 15) is 9.30 Å². The molecule has 0 aliphatic carbocycles. The molecule has 0 heterocycles. The number of rotatable bonds is 2. The van der Waals surface area contributed by atoms with E-state index in [-0.39, 0.29) is 5.69 Å². The molecule has 0 aliphatic rings. The summed E-state index contributed by atoms with van der Waals surface area (Å²) in [4.78, 5) is 10.0. The van der Waals surface area contributed by atoms with E-state index in [1.54, 1.807) is 6.07 Å². The molecule has 0 unspecified atom stereocenters. The second kappa shape index (κ2) is 3.75. The molecule has 0 bridgehead atoms. The van der Waals surface area contributed by atoms with Crippen molar-refractivity contribution in [1.29, 1.82) is 0 Å². The SMILES string of the molecule is O=Nc1cc(CI)ccc1F. The average molecular weight is 265 g/mol. The minimum Gasteiger partial charge on any atom is -0.204 e. The fraction of sp³-hybridized carbons (Fsp3) is 0.143. The summed E-state index contributed by atoms with van der Waals surface area (Å²) in [6.45, 7) is 0. The van der Waals surface area contributed by atoms with E-state index in [1.807, 2.05) is 0 Å². The normalized spacial score (nSPS) is 9.64. The zero-order chi connectivity index (χ0) is 8.27. The highest BCUT2D eigenvalue weighted by Crippen LogP contribution is 2.20. The molecule has 1 aromatic rings. The molecule has 0 aromatic heterocycles. The summed E-state index contributed by atoms with van der Waals surface area (Å²) in [5, 5.41) is 2.55. The van der Waals surface area contributed by atoms with Gasteiger partial charge in [0.25, 0.3) is 0 Å². The summed E-state index contributed by atoms with van der Waals surface area (Å²) in [6.07, 6.45) is 0. The summed E-state index contributed by atoms with van der Waals surface area (Å²) in [5.41, 5.74) is 0.792. The molecule has 1 rings (SSSR count). The maximum absolute atomic E-state index is 12.6. The first-order chi connectivity index (χ1) is 5.27. The first-order valence-electron chi connectivity index (χ1n) is 2.95. The highest BCUT2D eigenvalue weighted by atomic mass is 127. The smallest absolute Gasteiger partial charge is 0.152 e. The zero-order valence-electron chi connectivity index (χ0n) is 5.55. The number of halogens is 2. The summed E-state index contributed by atoms with van der Waals surface area (Å²) in [7, 11) is 0. The number of hydrogen-bond donors (Lipinski definition) is 0. The molecule has 0 amide bonds. The van der Waals surface area contributed by atoms with Crippen LogP contribution in [0.15, 0.2) is 23.4 Å². The fourth-order valence-electron chi connectivity index (χ4n) is 0.711. The predicted molar refractivity (Wildman–Crippen MR) is 49.6 cm³/mol. The monoisotopic (exact) mass is 265 g/mol. The summed E-state index contributed by atoms with van der Waals surface area (Å²) in [5.74, 6) is -0.561. The second-order valence-corrected chi connectivity index (χ2v) is 2.77. The molecule has 4 heteroatoms. The third-order valence-electron chi connectivity index (χ3n) is 1.26. The van der Waals surface area contributed by atoms with Crippen LogP contribution in [0.25, 0.3) is 0 Å². The number of hydrogen-bond acceptors (Lipinski definition) is 2. The second-order valence-electron chi connectivity index (χ2n) is 2.01. The minimum absolute atomic E-state index is 0.112. The quantitative estimate of drug-likeness (QED) is 0.458. The van der Waals surface area contributed by atoms with E-state index in [0.29, 0.717) is 0 Å². The molecule has 0 atom stereocenters. The Hall–Kier alpha value is -0.520. The minimum atomic E-state index is -0.561. The molecule has 0 radical (unpaired) electrons. The van der Waals surface area contributed by atoms with Gasteiger partial charge in [-0.1, -0.05) is 28.7 Å². The molecular weight excluding hydrogens is 260 g/mol. The zero-order valence-corrected chi connectivity index (χ0v) is 7.71. The van der Waals surface area contributed by atoms with Gasteiger partial charge in [0.05, 0.1) is 0 Å². The summed E-state index contributed by atoms with van der Waals surface area (Å²) < 4.78 is 13.4. The van der Waals surface area contributed by atoms with Gasteiger partial charge < -0.3 is 0 Å². The first-order valence-corrected chi connectivity index (χ1v) is 4.48. The number of nitrogens with zero attached hydrogens (tertiary/aromatic N) is 1. The lowest BCUT2D eigenvalue weighted by atomic mass is 10.2. The molecule has 0 saturated heterocycles.